The number of likely N-dealkylation sites (N-methyl/N-ethyl adjacent to an activating group) is 1. The quantitative estimate of drug-likeness (QED) is 0.681. The maximum Gasteiger partial charge on any atom is 0.0802 e. The Morgan fingerprint density at radius 3 is 2.58 bits per heavy atom. The van der Waals surface area contributed by atoms with E-state index in [1.165, 1.54) is 25.7 Å². The van der Waals surface area contributed by atoms with E-state index in [9.17, 15) is 5.11 Å². The summed E-state index contributed by atoms with van der Waals surface area (Å²) < 4.78 is 0. The highest BCUT2D eigenvalue weighted by Crippen LogP contribution is 2.22. The Kier molecular flexibility index (Phi) is 4.33. The molecule has 1 rings (SSSR count). The predicted octanol–water partition coefficient (Wildman–Crippen LogP) is 1.46. The predicted molar refractivity (Wildman–Crippen MR) is 51.6 cm³/mol. The largest absolute Gasteiger partial charge is 0.391 e. The third-order valence-electron chi connectivity index (χ3n) is 2.62. The minimum absolute atomic E-state index is 0.344. The maximum atomic E-state index is 9.32. The van der Waals surface area contributed by atoms with Crippen molar-refractivity contribution in [2.75, 3.05) is 19.5 Å². The molecule has 1 N–H and O–H groups in total. The molecule has 1 saturated carbocycles. The lowest BCUT2D eigenvalue weighted by Crippen LogP contribution is -2.36. The Hall–Kier alpha value is 0.210. The molecular formula is C9H18ClNO. The molecule has 0 aliphatic heterocycles. The van der Waals surface area contributed by atoms with Crippen LogP contribution in [0.4, 0.5) is 0 Å². The molecule has 2 nitrogen and oxygen atoms in total. The SMILES string of the molecule is CN(CC(O)CCl)C1CCCC1. The van der Waals surface area contributed by atoms with E-state index in [1.54, 1.807) is 0 Å². The summed E-state index contributed by atoms with van der Waals surface area (Å²) in [5, 5.41) is 9.32. The molecule has 1 unspecified atom stereocenters. The van der Waals surface area contributed by atoms with Crippen molar-refractivity contribution >= 4 is 11.6 Å². The van der Waals surface area contributed by atoms with Crippen molar-refractivity contribution in [3.63, 3.8) is 0 Å². The van der Waals surface area contributed by atoms with Gasteiger partial charge >= 0.3 is 0 Å². The number of aliphatic hydroxyl groups excluding tert-OH is 1. The van der Waals surface area contributed by atoms with Crippen LogP contribution in [0.25, 0.3) is 0 Å². The monoisotopic (exact) mass is 191 g/mol. The second kappa shape index (κ2) is 5.05. The average Bonchev–Trinajstić information content (AvgIpc) is 2.56. The van der Waals surface area contributed by atoms with Crippen LogP contribution in [0.3, 0.4) is 0 Å². The van der Waals surface area contributed by atoms with Crippen molar-refractivity contribution in [3.05, 3.63) is 0 Å². The Balaban J connectivity index is 2.21. The van der Waals surface area contributed by atoms with Crippen molar-refractivity contribution in [1.29, 1.82) is 0 Å². The summed E-state index contributed by atoms with van der Waals surface area (Å²) >= 11 is 5.53. The van der Waals surface area contributed by atoms with Crippen LogP contribution in [0.5, 0.6) is 0 Å². The molecule has 1 atom stereocenters. The van der Waals surface area contributed by atoms with Crippen LogP contribution >= 0.6 is 11.6 Å². The smallest absolute Gasteiger partial charge is 0.0802 e. The first kappa shape index (κ1) is 10.3. The molecule has 12 heavy (non-hydrogen) atoms. The highest BCUT2D eigenvalue weighted by molar-refractivity contribution is 6.18. The van der Waals surface area contributed by atoms with Crippen LogP contribution < -0.4 is 0 Å². The van der Waals surface area contributed by atoms with E-state index in [0.29, 0.717) is 18.5 Å². The minimum Gasteiger partial charge on any atom is -0.391 e. The van der Waals surface area contributed by atoms with E-state index in [-0.39, 0.29) is 6.10 Å². The minimum atomic E-state index is -0.364. The Morgan fingerprint density at radius 1 is 1.50 bits per heavy atom. The first-order valence-corrected chi connectivity index (χ1v) is 5.21. The number of halogens is 1. The highest BCUT2D eigenvalue weighted by atomic mass is 35.5. The molecule has 0 bridgehead atoms. The van der Waals surface area contributed by atoms with E-state index in [4.69, 9.17) is 11.6 Å². The first-order chi connectivity index (χ1) is 5.74. The van der Waals surface area contributed by atoms with Crippen molar-refractivity contribution in [2.24, 2.45) is 0 Å². The molecular weight excluding hydrogens is 174 g/mol. The zero-order chi connectivity index (χ0) is 8.97. The van der Waals surface area contributed by atoms with E-state index >= 15 is 0 Å². The Morgan fingerprint density at radius 2 is 2.08 bits per heavy atom. The summed E-state index contributed by atoms with van der Waals surface area (Å²) in [6.07, 6.45) is 4.88. The molecule has 3 heteroatoms. The normalized spacial score (nSPS) is 22.0. The Labute approximate surface area is 79.5 Å². The van der Waals surface area contributed by atoms with Gasteiger partial charge in [0.2, 0.25) is 0 Å². The van der Waals surface area contributed by atoms with Gasteiger partial charge in [0, 0.05) is 18.5 Å². The fourth-order valence-electron chi connectivity index (χ4n) is 1.88. The standard InChI is InChI=1S/C9H18ClNO/c1-11(7-9(12)6-10)8-4-2-3-5-8/h8-9,12H,2-7H2,1H3. The number of hydrogen-bond donors (Lipinski definition) is 1. The summed E-state index contributed by atoms with van der Waals surface area (Å²) in [5.41, 5.74) is 0. The molecule has 0 spiro atoms. The summed E-state index contributed by atoms with van der Waals surface area (Å²) in [5.74, 6) is 0.344. The van der Waals surface area contributed by atoms with E-state index in [2.05, 4.69) is 11.9 Å². The molecule has 0 heterocycles. The Bertz CT molecular complexity index is 126. The third kappa shape index (κ3) is 2.92. The summed E-state index contributed by atoms with van der Waals surface area (Å²) in [6, 6.07) is 0.683. The fraction of sp³-hybridized carbons (Fsp3) is 1.00. The molecule has 0 aromatic heterocycles. The lowest BCUT2D eigenvalue weighted by Gasteiger charge is -2.25. The average molecular weight is 192 g/mol. The number of aliphatic hydroxyl groups is 1. The van der Waals surface area contributed by atoms with Crippen LogP contribution in [0.15, 0.2) is 0 Å². The van der Waals surface area contributed by atoms with E-state index in [0.717, 1.165) is 0 Å². The van der Waals surface area contributed by atoms with Gasteiger partial charge in [-0.05, 0) is 19.9 Å². The fourth-order valence-corrected chi connectivity index (χ4v) is 1.97. The van der Waals surface area contributed by atoms with Gasteiger partial charge in [0.1, 0.15) is 0 Å². The maximum absolute atomic E-state index is 9.32. The van der Waals surface area contributed by atoms with Crippen molar-refractivity contribution in [2.45, 2.75) is 37.8 Å². The van der Waals surface area contributed by atoms with Crippen LogP contribution in [0.1, 0.15) is 25.7 Å². The van der Waals surface area contributed by atoms with Crippen LogP contribution in [0.2, 0.25) is 0 Å². The molecule has 0 radical (unpaired) electrons. The molecule has 1 aliphatic rings. The van der Waals surface area contributed by atoms with Gasteiger partial charge in [0.15, 0.2) is 0 Å². The highest BCUT2D eigenvalue weighted by Gasteiger charge is 2.20. The summed E-state index contributed by atoms with van der Waals surface area (Å²) in [7, 11) is 2.08. The van der Waals surface area contributed by atoms with Crippen molar-refractivity contribution in [3.8, 4) is 0 Å². The zero-order valence-corrected chi connectivity index (χ0v) is 8.43. The molecule has 72 valence electrons. The van der Waals surface area contributed by atoms with Gasteiger partial charge in [0.05, 0.1) is 6.10 Å². The van der Waals surface area contributed by atoms with Gasteiger partial charge in [-0.3, -0.25) is 0 Å². The van der Waals surface area contributed by atoms with E-state index < -0.39 is 0 Å². The number of nitrogens with zero attached hydrogens (tertiary/aromatic N) is 1. The number of hydrogen-bond acceptors (Lipinski definition) is 2. The second-order valence-electron chi connectivity index (χ2n) is 3.69. The first-order valence-electron chi connectivity index (χ1n) is 4.68. The van der Waals surface area contributed by atoms with Gasteiger partial charge in [0.25, 0.3) is 0 Å². The van der Waals surface area contributed by atoms with Gasteiger partial charge < -0.3 is 10.0 Å². The van der Waals surface area contributed by atoms with Gasteiger partial charge in [-0.1, -0.05) is 12.8 Å². The van der Waals surface area contributed by atoms with Gasteiger partial charge in [-0.15, -0.1) is 11.6 Å². The van der Waals surface area contributed by atoms with Crippen LogP contribution in [0, 0.1) is 0 Å². The van der Waals surface area contributed by atoms with Crippen molar-refractivity contribution < 1.29 is 5.11 Å². The second-order valence-corrected chi connectivity index (χ2v) is 3.99. The van der Waals surface area contributed by atoms with Crippen molar-refractivity contribution in [1.82, 2.24) is 4.90 Å². The summed E-state index contributed by atoms with van der Waals surface area (Å²) in [4.78, 5) is 2.24. The molecule has 1 aliphatic carbocycles. The van der Waals surface area contributed by atoms with Crippen LogP contribution in [-0.4, -0.2) is 41.6 Å². The van der Waals surface area contributed by atoms with E-state index in [1.807, 2.05) is 0 Å². The number of alkyl halides is 1. The molecule has 0 aromatic carbocycles. The molecule has 0 aromatic rings. The number of rotatable bonds is 4. The molecule has 0 amide bonds. The van der Waals surface area contributed by atoms with Gasteiger partial charge in [-0.2, -0.15) is 0 Å². The lowest BCUT2D eigenvalue weighted by molar-refractivity contribution is 0.120. The zero-order valence-electron chi connectivity index (χ0n) is 7.67. The lowest BCUT2D eigenvalue weighted by atomic mass is 10.2. The molecule has 1 fully saturated rings. The molecule has 0 saturated heterocycles. The third-order valence-corrected chi connectivity index (χ3v) is 2.98. The summed E-state index contributed by atoms with van der Waals surface area (Å²) in [6.45, 7) is 0.716. The van der Waals surface area contributed by atoms with Crippen LogP contribution in [-0.2, 0) is 0 Å². The topological polar surface area (TPSA) is 23.5 Å². The van der Waals surface area contributed by atoms with Gasteiger partial charge in [-0.25, -0.2) is 0 Å².